The quantitative estimate of drug-likeness (QED) is 0.584. The van der Waals surface area contributed by atoms with Crippen molar-refractivity contribution in [3.8, 4) is 11.4 Å². The van der Waals surface area contributed by atoms with Crippen molar-refractivity contribution in [3.63, 3.8) is 0 Å². The highest BCUT2D eigenvalue weighted by Gasteiger charge is 2.54. The molecule has 4 heterocycles. The van der Waals surface area contributed by atoms with Crippen LogP contribution in [0.5, 0.6) is 0 Å². The molecular weight excluding hydrogens is 428 g/mol. The van der Waals surface area contributed by atoms with E-state index in [0.717, 1.165) is 31.9 Å². The first-order chi connectivity index (χ1) is 15.9. The van der Waals surface area contributed by atoms with Crippen LogP contribution in [0.25, 0.3) is 22.4 Å². The molecule has 3 aromatic heterocycles. The van der Waals surface area contributed by atoms with Gasteiger partial charge >= 0.3 is 6.09 Å². The SMILES string of the molecule is CC[C@@H]1N(CC)C(=O)O[C@@]12CCC[C@H](Cc1nc(-c3c[nH]c4ncc(F)cc34)ncc1F)C2. The van der Waals surface area contributed by atoms with Crippen molar-refractivity contribution in [1.82, 2.24) is 24.8 Å². The van der Waals surface area contributed by atoms with Gasteiger partial charge in [0.2, 0.25) is 0 Å². The molecule has 1 N–H and O–H groups in total. The van der Waals surface area contributed by atoms with Crippen LogP contribution in [0.4, 0.5) is 13.6 Å². The Morgan fingerprint density at radius 2 is 2.12 bits per heavy atom. The van der Waals surface area contributed by atoms with E-state index in [-0.39, 0.29) is 18.1 Å². The number of aromatic amines is 1. The number of hydrogen-bond acceptors (Lipinski definition) is 5. The Bertz CT molecular complexity index is 1200. The van der Waals surface area contributed by atoms with Gasteiger partial charge in [-0.2, -0.15) is 0 Å². The van der Waals surface area contributed by atoms with E-state index in [2.05, 4.69) is 26.9 Å². The van der Waals surface area contributed by atoms with Crippen LogP contribution in [-0.4, -0.2) is 49.1 Å². The number of fused-ring (bicyclic) bond motifs is 1. The second kappa shape index (κ2) is 8.35. The van der Waals surface area contributed by atoms with Crippen molar-refractivity contribution < 1.29 is 18.3 Å². The van der Waals surface area contributed by atoms with Gasteiger partial charge in [0.15, 0.2) is 11.6 Å². The summed E-state index contributed by atoms with van der Waals surface area (Å²) < 4.78 is 34.4. The second-order valence-corrected chi connectivity index (χ2v) is 9.05. The van der Waals surface area contributed by atoms with Gasteiger partial charge in [-0.25, -0.2) is 28.5 Å². The highest BCUT2D eigenvalue weighted by Crippen LogP contribution is 2.45. The third-order valence-corrected chi connectivity index (χ3v) is 7.12. The minimum atomic E-state index is -0.517. The third-order valence-electron chi connectivity index (χ3n) is 7.12. The lowest BCUT2D eigenvalue weighted by Crippen LogP contribution is -2.48. The lowest BCUT2D eigenvalue weighted by molar-refractivity contribution is -0.0177. The summed E-state index contributed by atoms with van der Waals surface area (Å²) in [6, 6.07) is 1.40. The zero-order valence-electron chi connectivity index (χ0n) is 18.8. The highest BCUT2D eigenvalue weighted by atomic mass is 19.1. The van der Waals surface area contributed by atoms with Gasteiger partial charge in [-0.15, -0.1) is 0 Å². The molecule has 174 valence electrons. The van der Waals surface area contributed by atoms with Crippen molar-refractivity contribution in [2.45, 2.75) is 64.0 Å². The summed E-state index contributed by atoms with van der Waals surface area (Å²) in [5.74, 6) is -0.465. The number of aromatic nitrogens is 4. The molecule has 2 fully saturated rings. The summed E-state index contributed by atoms with van der Waals surface area (Å²) in [5, 5.41) is 0.549. The molecule has 1 spiro atoms. The van der Waals surface area contributed by atoms with Crippen LogP contribution < -0.4 is 0 Å². The second-order valence-electron chi connectivity index (χ2n) is 9.05. The first kappa shape index (κ1) is 21.7. The number of nitrogens with zero attached hydrogens (tertiary/aromatic N) is 4. The van der Waals surface area contributed by atoms with Crippen LogP contribution in [0, 0.1) is 17.6 Å². The lowest BCUT2D eigenvalue weighted by atomic mass is 9.72. The maximum atomic E-state index is 14.7. The van der Waals surface area contributed by atoms with Crippen LogP contribution in [0.15, 0.2) is 24.7 Å². The van der Waals surface area contributed by atoms with Crippen LogP contribution >= 0.6 is 0 Å². The Morgan fingerprint density at radius 1 is 1.27 bits per heavy atom. The average molecular weight is 456 g/mol. The number of halogens is 2. The van der Waals surface area contributed by atoms with E-state index in [9.17, 15) is 13.6 Å². The number of rotatable bonds is 5. The lowest BCUT2D eigenvalue weighted by Gasteiger charge is -2.40. The molecule has 3 aromatic rings. The smallest absolute Gasteiger partial charge is 0.410 e. The first-order valence-electron chi connectivity index (χ1n) is 11.6. The molecule has 1 amide bonds. The number of amides is 1. The Kier molecular flexibility index (Phi) is 5.50. The summed E-state index contributed by atoms with van der Waals surface area (Å²) in [7, 11) is 0. The van der Waals surface area contributed by atoms with Crippen LogP contribution in [0.3, 0.4) is 0 Å². The van der Waals surface area contributed by atoms with E-state index in [1.165, 1.54) is 12.3 Å². The summed E-state index contributed by atoms with van der Waals surface area (Å²) in [5.41, 5.74) is 0.902. The molecule has 1 aliphatic carbocycles. The monoisotopic (exact) mass is 455 g/mol. The highest BCUT2D eigenvalue weighted by molar-refractivity contribution is 5.91. The van der Waals surface area contributed by atoms with Crippen molar-refractivity contribution in [3.05, 3.63) is 42.0 Å². The van der Waals surface area contributed by atoms with E-state index in [1.807, 2.05) is 11.8 Å². The molecule has 1 saturated carbocycles. The number of carbonyl (C=O) groups excluding carboxylic acids is 1. The van der Waals surface area contributed by atoms with Gasteiger partial charge in [0.1, 0.15) is 17.1 Å². The molecule has 1 aliphatic heterocycles. The van der Waals surface area contributed by atoms with Gasteiger partial charge in [0.05, 0.1) is 24.1 Å². The summed E-state index contributed by atoms with van der Waals surface area (Å²) >= 11 is 0. The minimum absolute atomic E-state index is 0.0391. The standard InChI is InChI=1S/C24H27F2N5O2/c1-3-20-24(33-23(32)31(20)4-2)7-5-6-14(10-24)8-19-18(26)13-29-22(30-19)17-12-28-21-16(17)9-15(25)11-27-21/h9,11-14,20H,3-8,10H2,1-2H3,(H,27,28)/t14-,20+,24-/m1/s1. The molecular formula is C24H27F2N5O2. The van der Waals surface area contributed by atoms with Gasteiger partial charge in [0.25, 0.3) is 0 Å². The summed E-state index contributed by atoms with van der Waals surface area (Å²) in [6.45, 7) is 4.66. The molecule has 5 rings (SSSR count). The van der Waals surface area contributed by atoms with Gasteiger partial charge in [0, 0.05) is 23.7 Å². The number of ether oxygens (including phenoxy) is 1. The van der Waals surface area contributed by atoms with Gasteiger partial charge in [-0.05, 0) is 57.4 Å². The molecule has 0 bridgehead atoms. The molecule has 2 aliphatic rings. The molecule has 33 heavy (non-hydrogen) atoms. The Hall–Kier alpha value is -3.10. The minimum Gasteiger partial charge on any atom is -0.441 e. The zero-order chi connectivity index (χ0) is 23.2. The number of H-pyrrole nitrogens is 1. The van der Waals surface area contributed by atoms with Crippen molar-refractivity contribution >= 4 is 17.1 Å². The Labute approximate surface area is 190 Å². The molecule has 7 nitrogen and oxygen atoms in total. The fraction of sp³-hybridized carbons (Fsp3) is 0.500. The van der Waals surface area contributed by atoms with E-state index in [1.54, 1.807) is 6.20 Å². The van der Waals surface area contributed by atoms with E-state index >= 15 is 0 Å². The Balaban J connectivity index is 1.42. The number of pyridine rings is 1. The molecule has 0 unspecified atom stereocenters. The fourth-order valence-electron chi connectivity index (χ4n) is 5.72. The number of nitrogens with one attached hydrogen (secondary N) is 1. The maximum Gasteiger partial charge on any atom is 0.410 e. The largest absolute Gasteiger partial charge is 0.441 e. The summed E-state index contributed by atoms with van der Waals surface area (Å²) in [4.78, 5) is 30.0. The zero-order valence-corrected chi connectivity index (χ0v) is 18.8. The van der Waals surface area contributed by atoms with Gasteiger partial charge in [-0.3, -0.25) is 0 Å². The Morgan fingerprint density at radius 3 is 2.91 bits per heavy atom. The van der Waals surface area contributed by atoms with E-state index in [4.69, 9.17) is 4.74 Å². The van der Waals surface area contributed by atoms with Crippen molar-refractivity contribution in [2.75, 3.05) is 6.54 Å². The number of likely N-dealkylation sites (N-methyl/N-ethyl adjacent to an activating group) is 1. The van der Waals surface area contributed by atoms with E-state index < -0.39 is 17.2 Å². The first-order valence-corrected chi connectivity index (χ1v) is 11.6. The summed E-state index contributed by atoms with van der Waals surface area (Å²) in [6.07, 6.45) is 8.32. The maximum absolute atomic E-state index is 14.7. The van der Waals surface area contributed by atoms with Crippen molar-refractivity contribution in [2.24, 2.45) is 5.92 Å². The number of hydrogen-bond donors (Lipinski definition) is 1. The van der Waals surface area contributed by atoms with Crippen LogP contribution in [-0.2, 0) is 11.2 Å². The van der Waals surface area contributed by atoms with Crippen molar-refractivity contribution in [1.29, 1.82) is 0 Å². The van der Waals surface area contributed by atoms with Gasteiger partial charge in [-0.1, -0.05) is 6.92 Å². The fourth-order valence-corrected chi connectivity index (χ4v) is 5.72. The number of carbonyl (C=O) groups is 1. The molecule has 3 atom stereocenters. The van der Waals surface area contributed by atoms with Crippen LogP contribution in [0.2, 0.25) is 0 Å². The van der Waals surface area contributed by atoms with Gasteiger partial charge < -0.3 is 14.6 Å². The normalized spacial score (nSPS) is 25.2. The topological polar surface area (TPSA) is 84.0 Å². The predicted octanol–water partition coefficient (Wildman–Crippen LogP) is 5.02. The predicted molar refractivity (Wildman–Crippen MR) is 118 cm³/mol. The molecule has 0 aromatic carbocycles. The molecule has 9 heteroatoms. The molecule has 1 saturated heterocycles. The average Bonchev–Trinajstić information content (AvgIpc) is 3.32. The third kappa shape index (κ3) is 3.73. The van der Waals surface area contributed by atoms with Crippen LogP contribution in [0.1, 0.15) is 51.6 Å². The van der Waals surface area contributed by atoms with E-state index in [0.29, 0.717) is 47.5 Å². The molecule has 0 radical (unpaired) electrons.